The van der Waals surface area contributed by atoms with E-state index in [2.05, 4.69) is 5.32 Å². The molecule has 1 aromatic carbocycles. The third kappa shape index (κ3) is 3.33. The van der Waals surface area contributed by atoms with Crippen molar-refractivity contribution in [3.05, 3.63) is 57.8 Å². The summed E-state index contributed by atoms with van der Waals surface area (Å²) in [6.07, 6.45) is 3.06. The van der Waals surface area contributed by atoms with Crippen molar-refractivity contribution in [2.24, 2.45) is 5.41 Å². The lowest BCUT2D eigenvalue weighted by atomic mass is 9.93. The van der Waals surface area contributed by atoms with Crippen LogP contribution in [0.2, 0.25) is 0 Å². The number of hydrogen-bond donors (Lipinski definition) is 1. The molecule has 4 rings (SSSR count). The van der Waals surface area contributed by atoms with Gasteiger partial charge in [-0.2, -0.15) is 11.3 Å². The third-order valence-electron chi connectivity index (χ3n) is 5.43. The highest BCUT2D eigenvalue weighted by molar-refractivity contribution is 7.07. The molecule has 1 atom stereocenters. The first-order valence-corrected chi connectivity index (χ1v) is 9.51. The number of amides is 1. The van der Waals surface area contributed by atoms with Crippen LogP contribution in [0.15, 0.2) is 35.0 Å². The van der Waals surface area contributed by atoms with E-state index in [0.717, 1.165) is 56.1 Å². The Hall–Kier alpha value is -1.79. The SMILES string of the molecule is O=C(c1cc(F)cc(F)c1)N(Cc1ccsc1)C1CC12CCNCC2. The van der Waals surface area contributed by atoms with Gasteiger partial charge in [-0.05, 0) is 72.3 Å². The minimum absolute atomic E-state index is 0.0868. The lowest BCUT2D eigenvalue weighted by Crippen LogP contribution is -2.39. The summed E-state index contributed by atoms with van der Waals surface area (Å²) in [7, 11) is 0. The second-order valence-electron chi connectivity index (χ2n) is 7.06. The fourth-order valence-electron chi connectivity index (χ4n) is 3.97. The number of thiophene rings is 1. The predicted molar refractivity (Wildman–Crippen MR) is 93.5 cm³/mol. The number of hydrogen-bond acceptors (Lipinski definition) is 3. The molecular weight excluding hydrogens is 342 g/mol. The molecule has 0 radical (unpaired) electrons. The molecule has 6 heteroatoms. The number of halogens is 2. The Bertz CT molecular complexity index is 751. The molecule has 1 saturated carbocycles. The number of nitrogens with zero attached hydrogens (tertiary/aromatic N) is 1. The Morgan fingerprint density at radius 2 is 1.96 bits per heavy atom. The number of nitrogens with one attached hydrogen (secondary N) is 1. The number of rotatable bonds is 4. The van der Waals surface area contributed by atoms with Crippen molar-refractivity contribution < 1.29 is 13.6 Å². The predicted octanol–water partition coefficient (Wildman–Crippen LogP) is 3.81. The van der Waals surface area contributed by atoms with Crippen molar-refractivity contribution >= 4 is 17.2 Å². The third-order valence-corrected chi connectivity index (χ3v) is 6.16. The molecule has 1 saturated heterocycles. The van der Waals surface area contributed by atoms with E-state index in [1.54, 1.807) is 11.3 Å². The van der Waals surface area contributed by atoms with Gasteiger partial charge in [-0.15, -0.1) is 0 Å². The van der Waals surface area contributed by atoms with Crippen molar-refractivity contribution in [1.82, 2.24) is 10.2 Å². The number of piperidine rings is 1. The molecule has 1 spiro atoms. The minimum atomic E-state index is -0.716. The average molecular weight is 362 g/mol. The lowest BCUT2D eigenvalue weighted by Gasteiger charge is -2.29. The van der Waals surface area contributed by atoms with Crippen LogP contribution in [0.5, 0.6) is 0 Å². The molecule has 1 aliphatic carbocycles. The van der Waals surface area contributed by atoms with Gasteiger partial charge in [0.2, 0.25) is 0 Å². The van der Waals surface area contributed by atoms with Gasteiger partial charge in [0.25, 0.3) is 5.91 Å². The maximum atomic E-state index is 13.6. The molecule has 2 aliphatic rings. The van der Waals surface area contributed by atoms with Gasteiger partial charge in [-0.25, -0.2) is 8.78 Å². The van der Waals surface area contributed by atoms with Crippen LogP contribution in [-0.2, 0) is 6.54 Å². The summed E-state index contributed by atoms with van der Waals surface area (Å²) in [5, 5.41) is 7.36. The van der Waals surface area contributed by atoms with Gasteiger partial charge < -0.3 is 10.2 Å². The summed E-state index contributed by atoms with van der Waals surface area (Å²) in [5.74, 6) is -1.72. The molecule has 2 fully saturated rings. The Labute approximate surface area is 149 Å². The van der Waals surface area contributed by atoms with Crippen LogP contribution in [0, 0.1) is 17.0 Å². The maximum Gasteiger partial charge on any atom is 0.254 e. The summed E-state index contributed by atoms with van der Waals surface area (Å²) in [6, 6.07) is 5.20. The van der Waals surface area contributed by atoms with Crippen molar-refractivity contribution in [2.45, 2.75) is 31.8 Å². The fourth-order valence-corrected chi connectivity index (χ4v) is 4.63. The van der Waals surface area contributed by atoms with Crippen LogP contribution >= 0.6 is 11.3 Å². The highest BCUT2D eigenvalue weighted by Gasteiger charge is 2.57. The molecule has 1 unspecified atom stereocenters. The Balaban J connectivity index is 1.62. The number of benzene rings is 1. The number of carbonyl (C=O) groups excluding carboxylic acids is 1. The van der Waals surface area contributed by atoms with Gasteiger partial charge >= 0.3 is 0 Å². The van der Waals surface area contributed by atoms with Gasteiger partial charge in [0, 0.05) is 24.2 Å². The standard InChI is InChI=1S/C19H20F2N2OS/c20-15-7-14(8-16(21)9-15)18(24)23(11-13-1-6-25-12-13)17-10-19(17)2-4-22-5-3-19/h1,6-9,12,17,22H,2-5,10-11H2. The van der Waals surface area contributed by atoms with Crippen LogP contribution in [-0.4, -0.2) is 29.9 Å². The molecular formula is C19H20F2N2OS. The first-order chi connectivity index (χ1) is 12.1. The monoisotopic (exact) mass is 362 g/mol. The summed E-state index contributed by atoms with van der Waals surface area (Å²) in [4.78, 5) is 14.9. The van der Waals surface area contributed by atoms with Crippen LogP contribution in [0.25, 0.3) is 0 Å². The van der Waals surface area contributed by atoms with Crippen LogP contribution in [0.4, 0.5) is 8.78 Å². The van der Waals surface area contributed by atoms with E-state index < -0.39 is 11.6 Å². The van der Waals surface area contributed by atoms with Gasteiger partial charge in [0.15, 0.2) is 0 Å². The molecule has 1 amide bonds. The van der Waals surface area contributed by atoms with E-state index in [4.69, 9.17) is 0 Å². The second-order valence-corrected chi connectivity index (χ2v) is 7.84. The van der Waals surface area contributed by atoms with Crippen LogP contribution in [0.3, 0.4) is 0 Å². The van der Waals surface area contributed by atoms with E-state index in [0.29, 0.717) is 6.54 Å². The van der Waals surface area contributed by atoms with Gasteiger partial charge in [-0.1, -0.05) is 0 Å². The minimum Gasteiger partial charge on any atom is -0.331 e. The van der Waals surface area contributed by atoms with Crippen molar-refractivity contribution in [1.29, 1.82) is 0 Å². The first-order valence-electron chi connectivity index (χ1n) is 8.56. The molecule has 132 valence electrons. The van der Waals surface area contributed by atoms with E-state index in [1.807, 2.05) is 21.7 Å². The van der Waals surface area contributed by atoms with Crippen molar-refractivity contribution in [3.63, 3.8) is 0 Å². The summed E-state index contributed by atoms with van der Waals surface area (Å²) >= 11 is 1.59. The molecule has 1 aliphatic heterocycles. The second kappa shape index (κ2) is 6.50. The van der Waals surface area contributed by atoms with Crippen LogP contribution in [0.1, 0.15) is 35.2 Å². The fraction of sp³-hybridized carbons (Fsp3) is 0.421. The zero-order valence-electron chi connectivity index (χ0n) is 13.8. The molecule has 1 aromatic heterocycles. The molecule has 1 N–H and O–H groups in total. The Morgan fingerprint density at radius 1 is 1.24 bits per heavy atom. The average Bonchev–Trinajstić information content (AvgIpc) is 3.03. The first kappa shape index (κ1) is 16.7. The zero-order valence-corrected chi connectivity index (χ0v) is 14.6. The molecule has 2 aromatic rings. The molecule has 0 bridgehead atoms. The zero-order chi connectivity index (χ0) is 17.4. The topological polar surface area (TPSA) is 32.3 Å². The number of carbonyl (C=O) groups is 1. The molecule has 25 heavy (non-hydrogen) atoms. The van der Waals surface area contributed by atoms with Gasteiger partial charge in [0.1, 0.15) is 11.6 Å². The summed E-state index contributed by atoms with van der Waals surface area (Å²) in [6.45, 7) is 2.41. The van der Waals surface area contributed by atoms with E-state index in [1.165, 1.54) is 0 Å². The quantitative estimate of drug-likeness (QED) is 0.897. The van der Waals surface area contributed by atoms with Crippen molar-refractivity contribution in [3.8, 4) is 0 Å². The maximum absolute atomic E-state index is 13.6. The molecule has 2 heterocycles. The largest absolute Gasteiger partial charge is 0.331 e. The normalized spacial score (nSPS) is 21.3. The van der Waals surface area contributed by atoms with Crippen LogP contribution < -0.4 is 5.32 Å². The summed E-state index contributed by atoms with van der Waals surface area (Å²) < 4.78 is 27.2. The Kier molecular flexibility index (Phi) is 4.33. The highest BCUT2D eigenvalue weighted by Crippen LogP contribution is 2.56. The van der Waals surface area contributed by atoms with Gasteiger partial charge in [0.05, 0.1) is 0 Å². The molecule has 3 nitrogen and oxygen atoms in total. The van der Waals surface area contributed by atoms with E-state index >= 15 is 0 Å². The summed E-state index contributed by atoms with van der Waals surface area (Å²) in [5.41, 5.74) is 1.32. The lowest BCUT2D eigenvalue weighted by molar-refractivity contribution is 0.0691. The van der Waals surface area contributed by atoms with E-state index in [-0.39, 0.29) is 22.9 Å². The van der Waals surface area contributed by atoms with Gasteiger partial charge in [-0.3, -0.25) is 4.79 Å². The van der Waals surface area contributed by atoms with Crippen molar-refractivity contribution in [2.75, 3.05) is 13.1 Å². The smallest absolute Gasteiger partial charge is 0.254 e. The Morgan fingerprint density at radius 3 is 2.60 bits per heavy atom. The highest BCUT2D eigenvalue weighted by atomic mass is 32.1. The van der Waals surface area contributed by atoms with E-state index in [9.17, 15) is 13.6 Å².